The molecule has 2 rings (SSSR count). The Morgan fingerprint density at radius 2 is 1.89 bits per heavy atom. The van der Waals surface area contributed by atoms with E-state index in [0.29, 0.717) is 5.56 Å². The Balaban J connectivity index is 2.07. The lowest BCUT2D eigenvalue weighted by molar-refractivity contribution is 0.290. The van der Waals surface area contributed by atoms with Gasteiger partial charge in [-0.3, -0.25) is 0 Å². The summed E-state index contributed by atoms with van der Waals surface area (Å²) >= 11 is 0. The van der Waals surface area contributed by atoms with Gasteiger partial charge in [0.15, 0.2) is 11.6 Å². The largest absolute Gasteiger partial charge is 0.486 e. The summed E-state index contributed by atoms with van der Waals surface area (Å²) < 4.78 is 18.8. The third-order valence-corrected chi connectivity index (χ3v) is 2.56. The first-order valence-electron chi connectivity index (χ1n) is 5.57. The maximum atomic E-state index is 13.4. The number of halogens is 1. The van der Waals surface area contributed by atoms with E-state index in [1.54, 1.807) is 36.4 Å². The standard InChI is InChI=1S/C15H12FNO/c1-11-2-7-14(16)15(8-11)18-10-13-5-3-12(9-17)4-6-13/h2-8H,10H2,1H3. The summed E-state index contributed by atoms with van der Waals surface area (Å²) in [6, 6.07) is 13.8. The molecule has 0 N–H and O–H groups in total. The van der Waals surface area contributed by atoms with Gasteiger partial charge in [-0.1, -0.05) is 18.2 Å². The van der Waals surface area contributed by atoms with Crippen molar-refractivity contribution >= 4 is 0 Å². The Kier molecular flexibility index (Phi) is 3.59. The van der Waals surface area contributed by atoms with Crippen LogP contribution in [0.15, 0.2) is 42.5 Å². The Bertz CT molecular complexity index is 584. The minimum absolute atomic E-state index is 0.249. The molecule has 0 heterocycles. The van der Waals surface area contributed by atoms with E-state index in [0.717, 1.165) is 11.1 Å². The van der Waals surface area contributed by atoms with Gasteiger partial charge in [-0.15, -0.1) is 0 Å². The van der Waals surface area contributed by atoms with E-state index in [1.807, 2.05) is 13.0 Å². The zero-order valence-corrected chi connectivity index (χ0v) is 9.98. The van der Waals surface area contributed by atoms with Crippen molar-refractivity contribution in [3.05, 3.63) is 65.0 Å². The molecule has 0 bridgehead atoms. The highest BCUT2D eigenvalue weighted by Crippen LogP contribution is 2.19. The predicted molar refractivity (Wildman–Crippen MR) is 66.6 cm³/mol. The molecule has 90 valence electrons. The first kappa shape index (κ1) is 12.1. The Morgan fingerprint density at radius 1 is 1.17 bits per heavy atom. The third kappa shape index (κ3) is 2.86. The number of nitriles is 1. The molecule has 0 aliphatic rings. The van der Waals surface area contributed by atoms with Crippen LogP contribution in [0.4, 0.5) is 4.39 Å². The van der Waals surface area contributed by atoms with E-state index in [-0.39, 0.29) is 18.2 Å². The van der Waals surface area contributed by atoms with E-state index in [2.05, 4.69) is 0 Å². The Morgan fingerprint density at radius 3 is 2.56 bits per heavy atom. The molecule has 0 saturated carbocycles. The average Bonchev–Trinajstić information content (AvgIpc) is 2.40. The van der Waals surface area contributed by atoms with Crippen molar-refractivity contribution in [1.82, 2.24) is 0 Å². The summed E-state index contributed by atoms with van der Waals surface area (Å²) in [5, 5.41) is 8.67. The van der Waals surface area contributed by atoms with Gasteiger partial charge in [-0.25, -0.2) is 4.39 Å². The minimum Gasteiger partial charge on any atom is -0.486 e. The number of hydrogen-bond acceptors (Lipinski definition) is 2. The first-order chi connectivity index (χ1) is 8.69. The summed E-state index contributed by atoms with van der Waals surface area (Å²) in [7, 11) is 0. The molecule has 0 fully saturated rings. The normalized spacial score (nSPS) is 9.83. The number of ether oxygens (including phenoxy) is 1. The van der Waals surface area contributed by atoms with Crippen molar-refractivity contribution in [3.63, 3.8) is 0 Å². The lowest BCUT2D eigenvalue weighted by atomic mass is 10.1. The zero-order valence-electron chi connectivity index (χ0n) is 9.98. The highest BCUT2D eigenvalue weighted by molar-refractivity contribution is 5.32. The number of nitrogens with zero attached hydrogens (tertiary/aromatic N) is 1. The van der Waals surface area contributed by atoms with Crippen LogP contribution in [0.5, 0.6) is 5.75 Å². The van der Waals surface area contributed by atoms with Crippen molar-refractivity contribution in [2.45, 2.75) is 13.5 Å². The van der Waals surface area contributed by atoms with Crippen LogP contribution in [0.1, 0.15) is 16.7 Å². The molecule has 0 aliphatic carbocycles. The molecule has 2 aromatic carbocycles. The molecule has 2 nitrogen and oxygen atoms in total. The average molecular weight is 241 g/mol. The molecule has 0 spiro atoms. The number of aryl methyl sites for hydroxylation is 1. The van der Waals surface area contributed by atoms with Crippen LogP contribution in [-0.2, 0) is 6.61 Å². The van der Waals surface area contributed by atoms with E-state index in [1.165, 1.54) is 6.07 Å². The van der Waals surface area contributed by atoms with Gasteiger partial charge in [0.05, 0.1) is 11.6 Å². The van der Waals surface area contributed by atoms with Crippen LogP contribution < -0.4 is 4.74 Å². The van der Waals surface area contributed by atoms with Gasteiger partial charge in [-0.2, -0.15) is 5.26 Å². The highest BCUT2D eigenvalue weighted by Gasteiger charge is 2.03. The summed E-state index contributed by atoms with van der Waals surface area (Å²) in [4.78, 5) is 0. The van der Waals surface area contributed by atoms with Gasteiger partial charge in [0.1, 0.15) is 6.61 Å². The molecule has 0 saturated heterocycles. The van der Waals surface area contributed by atoms with Crippen LogP contribution in [0.2, 0.25) is 0 Å². The van der Waals surface area contributed by atoms with Crippen LogP contribution >= 0.6 is 0 Å². The number of hydrogen-bond donors (Lipinski definition) is 0. The van der Waals surface area contributed by atoms with Crippen LogP contribution in [-0.4, -0.2) is 0 Å². The fourth-order valence-corrected chi connectivity index (χ4v) is 1.56. The van der Waals surface area contributed by atoms with Crippen molar-refractivity contribution in [2.24, 2.45) is 0 Å². The van der Waals surface area contributed by atoms with E-state index < -0.39 is 0 Å². The van der Waals surface area contributed by atoms with Gasteiger partial charge in [0.2, 0.25) is 0 Å². The SMILES string of the molecule is Cc1ccc(F)c(OCc2ccc(C#N)cc2)c1. The van der Waals surface area contributed by atoms with Crippen molar-refractivity contribution in [2.75, 3.05) is 0 Å². The van der Waals surface area contributed by atoms with Gasteiger partial charge in [0.25, 0.3) is 0 Å². The molecule has 0 unspecified atom stereocenters. The highest BCUT2D eigenvalue weighted by atomic mass is 19.1. The quantitative estimate of drug-likeness (QED) is 0.822. The maximum Gasteiger partial charge on any atom is 0.165 e. The molecule has 0 amide bonds. The zero-order chi connectivity index (χ0) is 13.0. The van der Waals surface area contributed by atoms with E-state index >= 15 is 0 Å². The predicted octanol–water partition coefficient (Wildman–Crippen LogP) is 3.58. The molecular weight excluding hydrogens is 229 g/mol. The van der Waals surface area contributed by atoms with Crippen LogP contribution in [0, 0.1) is 24.1 Å². The second-order valence-electron chi connectivity index (χ2n) is 4.03. The van der Waals surface area contributed by atoms with Gasteiger partial charge >= 0.3 is 0 Å². The summed E-state index contributed by atoms with van der Waals surface area (Å²) in [5.74, 6) is -0.117. The number of benzene rings is 2. The number of rotatable bonds is 3. The fourth-order valence-electron chi connectivity index (χ4n) is 1.56. The second-order valence-corrected chi connectivity index (χ2v) is 4.03. The van der Waals surface area contributed by atoms with Crippen molar-refractivity contribution in [3.8, 4) is 11.8 Å². The molecular formula is C15H12FNO. The van der Waals surface area contributed by atoms with E-state index in [4.69, 9.17) is 10.00 Å². The minimum atomic E-state index is -0.366. The molecule has 0 atom stereocenters. The van der Waals surface area contributed by atoms with E-state index in [9.17, 15) is 4.39 Å². The molecule has 3 heteroatoms. The molecule has 0 aromatic heterocycles. The molecule has 2 aromatic rings. The Labute approximate surface area is 105 Å². The van der Waals surface area contributed by atoms with Crippen LogP contribution in [0.3, 0.4) is 0 Å². The summed E-state index contributed by atoms with van der Waals surface area (Å²) in [6.45, 7) is 2.17. The third-order valence-electron chi connectivity index (χ3n) is 2.56. The smallest absolute Gasteiger partial charge is 0.165 e. The maximum absolute atomic E-state index is 13.4. The first-order valence-corrected chi connectivity index (χ1v) is 5.57. The van der Waals surface area contributed by atoms with Gasteiger partial charge in [-0.05, 0) is 42.3 Å². The van der Waals surface area contributed by atoms with Gasteiger partial charge in [0, 0.05) is 0 Å². The fraction of sp³-hybridized carbons (Fsp3) is 0.133. The summed E-state index contributed by atoms with van der Waals surface area (Å²) in [5.41, 5.74) is 2.45. The van der Waals surface area contributed by atoms with Gasteiger partial charge < -0.3 is 4.74 Å². The molecule has 0 aliphatic heterocycles. The van der Waals surface area contributed by atoms with Crippen LogP contribution in [0.25, 0.3) is 0 Å². The van der Waals surface area contributed by atoms with Crippen molar-refractivity contribution in [1.29, 1.82) is 5.26 Å². The summed E-state index contributed by atoms with van der Waals surface area (Å²) in [6.07, 6.45) is 0. The lowest BCUT2D eigenvalue weighted by Crippen LogP contribution is -1.97. The molecule has 18 heavy (non-hydrogen) atoms. The second kappa shape index (κ2) is 5.33. The Hall–Kier alpha value is -2.34. The molecule has 0 radical (unpaired) electrons. The topological polar surface area (TPSA) is 33.0 Å². The monoisotopic (exact) mass is 241 g/mol. The van der Waals surface area contributed by atoms with Crippen molar-refractivity contribution < 1.29 is 9.13 Å². The lowest BCUT2D eigenvalue weighted by Gasteiger charge is -2.08.